The summed E-state index contributed by atoms with van der Waals surface area (Å²) < 4.78 is 32.8. The van der Waals surface area contributed by atoms with Crippen molar-refractivity contribution in [2.45, 2.75) is 0 Å². The Balaban J connectivity index is 1.98. The number of aromatic nitrogens is 4. The standard InChI is InChI=1S/C20H15F2N5O/c1-23-19-15-8-12(11-6-13(21)10-14(22)7-11)9-17(28-2)18(15)25-20(26-19)16-4-3-5-24-27-16/h3-10H,1-2H3,(H,23,25,26). The van der Waals surface area contributed by atoms with E-state index in [1.165, 1.54) is 19.2 Å². The van der Waals surface area contributed by atoms with Crippen LogP contribution in [0.3, 0.4) is 0 Å². The summed E-state index contributed by atoms with van der Waals surface area (Å²) in [5.74, 6) is 0.0472. The molecule has 8 heteroatoms. The van der Waals surface area contributed by atoms with E-state index in [-0.39, 0.29) is 0 Å². The van der Waals surface area contributed by atoms with Gasteiger partial charge in [0.2, 0.25) is 0 Å². The number of methoxy groups -OCH3 is 1. The van der Waals surface area contributed by atoms with E-state index >= 15 is 0 Å². The van der Waals surface area contributed by atoms with Gasteiger partial charge >= 0.3 is 0 Å². The number of halogens is 2. The van der Waals surface area contributed by atoms with Gasteiger partial charge in [0.25, 0.3) is 0 Å². The molecule has 0 aliphatic rings. The predicted molar refractivity (Wildman–Crippen MR) is 102 cm³/mol. The van der Waals surface area contributed by atoms with Crippen LogP contribution in [0.25, 0.3) is 33.5 Å². The van der Waals surface area contributed by atoms with Crippen LogP contribution in [0, 0.1) is 11.6 Å². The predicted octanol–water partition coefficient (Wildman–Crippen LogP) is 4.08. The molecule has 0 saturated heterocycles. The summed E-state index contributed by atoms with van der Waals surface area (Å²) in [5.41, 5.74) is 2.02. The van der Waals surface area contributed by atoms with Crippen molar-refractivity contribution in [1.29, 1.82) is 0 Å². The van der Waals surface area contributed by atoms with Crippen LogP contribution in [0.1, 0.15) is 0 Å². The Morgan fingerprint density at radius 3 is 2.36 bits per heavy atom. The fourth-order valence-electron chi connectivity index (χ4n) is 2.97. The van der Waals surface area contributed by atoms with E-state index in [0.29, 0.717) is 45.1 Å². The van der Waals surface area contributed by atoms with Crippen LogP contribution in [0.15, 0.2) is 48.7 Å². The fraction of sp³-hybridized carbons (Fsp3) is 0.100. The molecule has 0 aliphatic carbocycles. The molecule has 0 amide bonds. The van der Waals surface area contributed by atoms with Crippen molar-refractivity contribution in [2.75, 3.05) is 19.5 Å². The Bertz CT molecular complexity index is 1150. The molecular weight excluding hydrogens is 364 g/mol. The van der Waals surface area contributed by atoms with Crippen LogP contribution in [-0.4, -0.2) is 34.3 Å². The molecule has 0 unspecified atom stereocenters. The summed E-state index contributed by atoms with van der Waals surface area (Å²) in [7, 11) is 3.23. The van der Waals surface area contributed by atoms with Crippen molar-refractivity contribution in [1.82, 2.24) is 20.2 Å². The minimum atomic E-state index is -0.655. The molecule has 0 fully saturated rings. The van der Waals surface area contributed by atoms with Crippen molar-refractivity contribution in [3.05, 3.63) is 60.3 Å². The van der Waals surface area contributed by atoms with E-state index in [1.807, 2.05) is 0 Å². The van der Waals surface area contributed by atoms with Crippen molar-refractivity contribution in [2.24, 2.45) is 0 Å². The number of benzene rings is 2. The van der Waals surface area contributed by atoms with Gasteiger partial charge in [0.1, 0.15) is 34.4 Å². The Morgan fingerprint density at radius 2 is 1.71 bits per heavy atom. The molecule has 2 heterocycles. The summed E-state index contributed by atoms with van der Waals surface area (Å²) in [5, 5.41) is 11.6. The number of rotatable bonds is 4. The first-order valence-electron chi connectivity index (χ1n) is 8.41. The molecule has 4 aromatic rings. The second-order valence-corrected chi connectivity index (χ2v) is 5.99. The smallest absolute Gasteiger partial charge is 0.182 e. The molecule has 0 atom stereocenters. The summed E-state index contributed by atoms with van der Waals surface area (Å²) >= 11 is 0. The topological polar surface area (TPSA) is 72.8 Å². The number of hydrogen-bond donors (Lipinski definition) is 1. The van der Waals surface area contributed by atoms with Crippen LogP contribution in [0.5, 0.6) is 5.75 Å². The van der Waals surface area contributed by atoms with Crippen LogP contribution in [0.2, 0.25) is 0 Å². The van der Waals surface area contributed by atoms with Gasteiger partial charge in [-0.1, -0.05) is 0 Å². The van der Waals surface area contributed by atoms with Gasteiger partial charge in [0.05, 0.1) is 7.11 Å². The van der Waals surface area contributed by atoms with E-state index in [0.717, 1.165) is 6.07 Å². The zero-order valence-corrected chi connectivity index (χ0v) is 15.1. The average molecular weight is 379 g/mol. The number of fused-ring (bicyclic) bond motifs is 1. The van der Waals surface area contributed by atoms with E-state index in [9.17, 15) is 8.78 Å². The number of ether oxygens (including phenoxy) is 1. The van der Waals surface area contributed by atoms with Gasteiger partial charge in [0.15, 0.2) is 5.82 Å². The number of hydrogen-bond acceptors (Lipinski definition) is 6. The van der Waals surface area contributed by atoms with E-state index < -0.39 is 11.6 Å². The molecule has 140 valence electrons. The monoisotopic (exact) mass is 379 g/mol. The minimum Gasteiger partial charge on any atom is -0.494 e. The maximum absolute atomic E-state index is 13.7. The lowest BCUT2D eigenvalue weighted by Gasteiger charge is -2.13. The van der Waals surface area contributed by atoms with Gasteiger partial charge in [-0.3, -0.25) is 0 Å². The maximum atomic E-state index is 13.7. The first kappa shape index (κ1) is 17.7. The van der Waals surface area contributed by atoms with Crippen LogP contribution in [0.4, 0.5) is 14.6 Å². The summed E-state index contributed by atoms with van der Waals surface area (Å²) in [6, 6.07) is 10.3. The van der Waals surface area contributed by atoms with Crippen molar-refractivity contribution in [3.8, 4) is 28.4 Å². The number of nitrogens with zero attached hydrogens (tertiary/aromatic N) is 4. The second-order valence-electron chi connectivity index (χ2n) is 5.99. The maximum Gasteiger partial charge on any atom is 0.182 e. The van der Waals surface area contributed by atoms with Crippen molar-refractivity contribution >= 4 is 16.7 Å². The van der Waals surface area contributed by atoms with Crippen LogP contribution in [-0.2, 0) is 0 Å². The van der Waals surface area contributed by atoms with E-state index in [2.05, 4.69) is 25.5 Å². The quantitative estimate of drug-likeness (QED) is 0.576. The largest absolute Gasteiger partial charge is 0.494 e. The molecule has 28 heavy (non-hydrogen) atoms. The Kier molecular flexibility index (Phi) is 4.52. The molecule has 0 spiro atoms. The number of nitrogens with one attached hydrogen (secondary N) is 1. The van der Waals surface area contributed by atoms with Crippen LogP contribution >= 0.6 is 0 Å². The summed E-state index contributed by atoms with van der Waals surface area (Å²) in [4.78, 5) is 9.07. The summed E-state index contributed by atoms with van der Waals surface area (Å²) in [6.45, 7) is 0. The highest BCUT2D eigenvalue weighted by atomic mass is 19.1. The minimum absolute atomic E-state index is 0.382. The third-order valence-electron chi connectivity index (χ3n) is 4.22. The third kappa shape index (κ3) is 3.20. The first-order chi connectivity index (χ1) is 13.6. The SMILES string of the molecule is CNc1nc(-c2cccnn2)nc2c(OC)cc(-c3cc(F)cc(F)c3)cc12. The van der Waals surface area contributed by atoms with E-state index in [4.69, 9.17) is 4.74 Å². The lowest BCUT2D eigenvalue weighted by atomic mass is 10.0. The fourth-order valence-corrected chi connectivity index (χ4v) is 2.97. The third-order valence-corrected chi connectivity index (χ3v) is 4.22. The number of anilines is 1. The average Bonchev–Trinajstić information content (AvgIpc) is 2.72. The van der Waals surface area contributed by atoms with Crippen molar-refractivity contribution < 1.29 is 13.5 Å². The lowest BCUT2D eigenvalue weighted by molar-refractivity contribution is 0.419. The van der Waals surface area contributed by atoms with Crippen molar-refractivity contribution in [3.63, 3.8) is 0 Å². The zero-order valence-electron chi connectivity index (χ0n) is 15.1. The molecule has 2 aromatic carbocycles. The van der Waals surface area contributed by atoms with Crippen LogP contribution < -0.4 is 10.1 Å². The molecule has 4 rings (SSSR count). The molecule has 0 aliphatic heterocycles. The first-order valence-corrected chi connectivity index (χ1v) is 8.41. The highest BCUT2D eigenvalue weighted by Gasteiger charge is 2.16. The highest BCUT2D eigenvalue weighted by Crippen LogP contribution is 2.35. The Morgan fingerprint density at radius 1 is 0.964 bits per heavy atom. The molecule has 6 nitrogen and oxygen atoms in total. The van der Waals surface area contributed by atoms with Gasteiger partial charge in [-0.2, -0.15) is 5.10 Å². The second kappa shape index (κ2) is 7.15. The highest BCUT2D eigenvalue weighted by molar-refractivity contribution is 5.97. The molecule has 1 N–H and O–H groups in total. The molecular formula is C20H15F2N5O. The van der Waals surface area contributed by atoms with Gasteiger partial charge < -0.3 is 10.1 Å². The Labute approximate surface area is 159 Å². The van der Waals surface area contributed by atoms with Gasteiger partial charge in [0, 0.05) is 24.7 Å². The normalized spacial score (nSPS) is 10.9. The van der Waals surface area contributed by atoms with E-state index in [1.54, 1.807) is 37.5 Å². The lowest BCUT2D eigenvalue weighted by Crippen LogP contribution is -2.02. The van der Waals surface area contributed by atoms with Gasteiger partial charge in [-0.25, -0.2) is 18.7 Å². The van der Waals surface area contributed by atoms with Gasteiger partial charge in [-0.15, -0.1) is 5.10 Å². The molecule has 0 radical (unpaired) electrons. The molecule has 0 bridgehead atoms. The van der Waals surface area contributed by atoms with Gasteiger partial charge in [-0.05, 0) is 47.5 Å². The Hall–Kier alpha value is -3.68. The zero-order chi connectivity index (χ0) is 19.7. The summed E-state index contributed by atoms with van der Waals surface area (Å²) in [6.07, 6.45) is 1.56. The molecule has 0 saturated carbocycles. The molecule has 2 aromatic heterocycles.